The summed E-state index contributed by atoms with van der Waals surface area (Å²) in [7, 11) is 0. The van der Waals surface area contributed by atoms with E-state index in [9.17, 15) is 4.79 Å². The number of alkyl halides is 1. The average molecular weight is 327 g/mol. The maximum atomic E-state index is 12.1. The van der Waals surface area contributed by atoms with E-state index in [1.807, 2.05) is 26.0 Å². The molecule has 1 unspecified atom stereocenters. The smallest absolute Gasteiger partial charge is 0.264 e. The number of aliphatic imine (C=N–C) groups is 1. The van der Waals surface area contributed by atoms with Crippen molar-refractivity contribution in [1.82, 2.24) is 0 Å². The molecular weight excluding hydrogens is 311 g/mol. The lowest BCUT2D eigenvalue weighted by Gasteiger charge is -2.29. The van der Waals surface area contributed by atoms with Crippen LogP contribution in [0.2, 0.25) is 5.02 Å². The van der Waals surface area contributed by atoms with Crippen molar-refractivity contribution in [1.29, 1.82) is 0 Å². The van der Waals surface area contributed by atoms with Crippen LogP contribution in [-0.4, -0.2) is 23.9 Å². The topological polar surface area (TPSA) is 57.4 Å². The third kappa shape index (κ3) is 3.24. The van der Waals surface area contributed by atoms with Gasteiger partial charge < -0.3 is 4.90 Å². The number of amides is 1. The number of rotatable bonds is 4. The van der Waals surface area contributed by atoms with Crippen LogP contribution in [0.25, 0.3) is 0 Å². The van der Waals surface area contributed by atoms with Crippen molar-refractivity contribution in [2.75, 3.05) is 11.4 Å². The Labute approximate surface area is 133 Å². The number of halogens is 2. The number of hydrogen-bond donors (Lipinski definition) is 0. The van der Waals surface area contributed by atoms with E-state index in [1.54, 1.807) is 4.90 Å². The van der Waals surface area contributed by atoms with Gasteiger partial charge in [0.25, 0.3) is 5.12 Å². The van der Waals surface area contributed by atoms with E-state index in [-0.39, 0.29) is 12.5 Å². The molecule has 0 aromatic heterocycles. The average Bonchev–Trinajstić information content (AvgIpc) is 2.86. The number of aryl methyl sites for hydroxylation is 1. The summed E-state index contributed by atoms with van der Waals surface area (Å²) >= 11 is 12.5. The normalized spacial score (nSPS) is 20.0. The summed E-state index contributed by atoms with van der Waals surface area (Å²) < 4.78 is 0. The zero-order chi connectivity index (χ0) is 15.6. The molecule has 0 aliphatic carbocycles. The van der Waals surface area contributed by atoms with Crippen LogP contribution in [0, 0.1) is 6.92 Å². The molecule has 21 heavy (non-hydrogen) atoms. The van der Waals surface area contributed by atoms with Crippen molar-refractivity contribution in [2.24, 2.45) is 15.2 Å². The van der Waals surface area contributed by atoms with Crippen molar-refractivity contribution in [3.8, 4) is 0 Å². The second-order valence-electron chi connectivity index (χ2n) is 4.82. The minimum absolute atomic E-state index is 0.109. The Morgan fingerprint density at radius 1 is 1.43 bits per heavy atom. The predicted octanol–water partition coefficient (Wildman–Crippen LogP) is 3.95. The Hall–Kier alpha value is -1.46. The molecule has 2 rings (SSSR count). The Balaban J connectivity index is 2.48. The number of benzene rings is 1. The standard InChI is InChI=1S/C14H16Cl2N4O/c1-4-11-5-6-12(15)9(2)13(11)20(10(3)21)7-14(16)17-8-18-19-14/h5-6,8H,4,7H2,1-3H3. The van der Waals surface area contributed by atoms with Gasteiger partial charge in [-0.05, 0) is 30.5 Å². The number of carbonyl (C=O) groups excluding carboxylic acids is 1. The van der Waals surface area contributed by atoms with Gasteiger partial charge in [0, 0.05) is 11.9 Å². The zero-order valence-electron chi connectivity index (χ0n) is 12.1. The van der Waals surface area contributed by atoms with Crippen LogP contribution in [0.1, 0.15) is 25.0 Å². The van der Waals surface area contributed by atoms with E-state index in [0.717, 1.165) is 23.2 Å². The Morgan fingerprint density at radius 3 is 2.67 bits per heavy atom. The number of azo groups is 1. The second-order valence-corrected chi connectivity index (χ2v) is 5.83. The minimum atomic E-state index is -1.26. The summed E-state index contributed by atoms with van der Waals surface area (Å²) in [5.41, 5.74) is 2.63. The minimum Gasteiger partial charge on any atom is -0.306 e. The molecule has 1 aromatic carbocycles. The lowest BCUT2D eigenvalue weighted by molar-refractivity contribution is -0.116. The van der Waals surface area contributed by atoms with Gasteiger partial charge in [-0.2, -0.15) is 0 Å². The lowest BCUT2D eigenvalue weighted by Crippen LogP contribution is -2.40. The summed E-state index contributed by atoms with van der Waals surface area (Å²) in [6.45, 7) is 5.50. The van der Waals surface area contributed by atoms with Crippen LogP contribution in [-0.2, 0) is 11.2 Å². The van der Waals surface area contributed by atoms with Crippen molar-refractivity contribution >= 4 is 41.1 Å². The quantitative estimate of drug-likeness (QED) is 0.610. The van der Waals surface area contributed by atoms with Crippen LogP contribution < -0.4 is 4.90 Å². The fraction of sp³-hybridized carbons (Fsp3) is 0.429. The first-order chi connectivity index (χ1) is 9.88. The van der Waals surface area contributed by atoms with Crippen LogP contribution >= 0.6 is 23.2 Å². The lowest BCUT2D eigenvalue weighted by atomic mass is 10.0. The molecule has 1 aliphatic heterocycles. The zero-order valence-corrected chi connectivity index (χ0v) is 13.6. The highest BCUT2D eigenvalue weighted by atomic mass is 35.5. The van der Waals surface area contributed by atoms with Crippen LogP contribution in [0.5, 0.6) is 0 Å². The molecule has 0 radical (unpaired) electrons. The summed E-state index contributed by atoms with van der Waals surface area (Å²) in [5, 5.41) is 6.87. The molecule has 0 N–H and O–H groups in total. The van der Waals surface area contributed by atoms with Crippen LogP contribution in [0.15, 0.2) is 27.4 Å². The third-order valence-electron chi connectivity index (χ3n) is 3.36. The molecule has 1 atom stereocenters. The second kappa shape index (κ2) is 6.12. The monoisotopic (exact) mass is 326 g/mol. The molecule has 0 bridgehead atoms. The highest BCUT2D eigenvalue weighted by Crippen LogP contribution is 2.34. The molecule has 1 heterocycles. The van der Waals surface area contributed by atoms with E-state index in [0.29, 0.717) is 5.02 Å². The molecule has 0 saturated carbocycles. The summed E-state index contributed by atoms with van der Waals surface area (Å²) in [6.07, 6.45) is 2.06. The Kier molecular flexibility index (Phi) is 4.64. The summed E-state index contributed by atoms with van der Waals surface area (Å²) in [4.78, 5) is 17.7. The molecule has 0 fully saturated rings. The molecule has 112 valence electrons. The van der Waals surface area contributed by atoms with Crippen LogP contribution in [0.4, 0.5) is 5.69 Å². The van der Waals surface area contributed by atoms with E-state index in [4.69, 9.17) is 23.2 Å². The Bertz CT molecular complexity index is 616. The van der Waals surface area contributed by atoms with Gasteiger partial charge in [-0.25, -0.2) is 4.99 Å². The molecule has 5 nitrogen and oxygen atoms in total. The SMILES string of the molecule is CCc1ccc(Cl)c(C)c1N(CC1(Cl)N=CN=N1)C(C)=O. The molecule has 0 saturated heterocycles. The molecule has 7 heteroatoms. The van der Waals surface area contributed by atoms with Gasteiger partial charge in [-0.1, -0.05) is 36.2 Å². The van der Waals surface area contributed by atoms with Crippen LogP contribution in [0.3, 0.4) is 0 Å². The Morgan fingerprint density at radius 2 is 2.14 bits per heavy atom. The van der Waals surface area contributed by atoms with Gasteiger partial charge in [0.15, 0.2) is 0 Å². The van der Waals surface area contributed by atoms with E-state index < -0.39 is 5.12 Å². The molecule has 1 aromatic rings. The summed E-state index contributed by atoms with van der Waals surface area (Å²) in [6, 6.07) is 3.75. The van der Waals surface area contributed by atoms with Gasteiger partial charge in [0.1, 0.15) is 6.34 Å². The number of hydrogen-bond acceptors (Lipinski definition) is 4. The molecular formula is C14H16Cl2N4O. The fourth-order valence-corrected chi connectivity index (χ4v) is 2.63. The first kappa shape index (κ1) is 15.9. The first-order valence-corrected chi connectivity index (χ1v) is 7.34. The molecule has 0 spiro atoms. The maximum absolute atomic E-state index is 12.1. The fourth-order valence-electron chi connectivity index (χ4n) is 2.27. The number of carbonyl (C=O) groups is 1. The third-order valence-corrected chi connectivity index (χ3v) is 4.06. The van der Waals surface area contributed by atoms with E-state index in [2.05, 4.69) is 15.2 Å². The molecule has 1 amide bonds. The van der Waals surface area contributed by atoms with Crippen molar-refractivity contribution in [3.63, 3.8) is 0 Å². The van der Waals surface area contributed by atoms with Gasteiger partial charge in [-0.15, -0.1) is 10.2 Å². The van der Waals surface area contributed by atoms with E-state index >= 15 is 0 Å². The highest BCUT2D eigenvalue weighted by molar-refractivity contribution is 6.32. The van der Waals surface area contributed by atoms with Gasteiger partial charge in [0.2, 0.25) is 5.91 Å². The number of nitrogens with zero attached hydrogens (tertiary/aromatic N) is 4. The summed E-state index contributed by atoms with van der Waals surface area (Å²) in [5.74, 6) is -0.146. The van der Waals surface area contributed by atoms with Gasteiger partial charge in [-0.3, -0.25) is 4.79 Å². The largest absolute Gasteiger partial charge is 0.306 e. The highest BCUT2D eigenvalue weighted by Gasteiger charge is 2.34. The maximum Gasteiger partial charge on any atom is 0.264 e. The van der Waals surface area contributed by atoms with Gasteiger partial charge >= 0.3 is 0 Å². The predicted molar refractivity (Wildman–Crippen MR) is 85.5 cm³/mol. The van der Waals surface area contributed by atoms with Crippen molar-refractivity contribution in [3.05, 3.63) is 28.3 Å². The number of anilines is 1. The van der Waals surface area contributed by atoms with Gasteiger partial charge in [0.05, 0.1) is 12.2 Å². The van der Waals surface area contributed by atoms with E-state index in [1.165, 1.54) is 13.3 Å². The van der Waals surface area contributed by atoms with Crippen molar-refractivity contribution in [2.45, 2.75) is 32.3 Å². The molecule has 1 aliphatic rings. The van der Waals surface area contributed by atoms with Crippen molar-refractivity contribution < 1.29 is 4.79 Å². The first-order valence-electron chi connectivity index (χ1n) is 6.58.